The van der Waals surface area contributed by atoms with Crippen LogP contribution < -0.4 is 9.47 Å². The van der Waals surface area contributed by atoms with Gasteiger partial charge in [-0.1, -0.05) is 29.8 Å². The molecule has 0 aliphatic carbocycles. The standard InChI is InChI=1S/C23H22ClFO5/c1-3-27-21(26)12-16-9-7-14(13-28-16)17-5-4-6-20-22(17)30-23(2,29-20)18-10-8-15(24)11-19(18)25/h4-8,10-11,16H,3,9,12-13H2,1-2H3. The maximum absolute atomic E-state index is 14.5. The molecule has 0 saturated carbocycles. The molecular formula is C23H22ClFO5. The highest BCUT2D eigenvalue weighted by atomic mass is 35.5. The zero-order chi connectivity index (χ0) is 21.3. The quantitative estimate of drug-likeness (QED) is 0.604. The molecule has 30 heavy (non-hydrogen) atoms. The third-order valence-electron chi connectivity index (χ3n) is 5.15. The fraction of sp³-hybridized carbons (Fsp3) is 0.348. The zero-order valence-electron chi connectivity index (χ0n) is 16.7. The minimum atomic E-state index is -1.31. The molecule has 0 radical (unpaired) electrons. The van der Waals surface area contributed by atoms with Gasteiger partial charge in [0.2, 0.25) is 0 Å². The van der Waals surface area contributed by atoms with Crippen LogP contribution in [-0.2, 0) is 20.1 Å². The maximum atomic E-state index is 14.5. The second-order valence-electron chi connectivity index (χ2n) is 7.31. The minimum Gasteiger partial charge on any atom is -0.466 e. The Morgan fingerprint density at radius 3 is 2.83 bits per heavy atom. The van der Waals surface area contributed by atoms with Gasteiger partial charge in [-0.3, -0.25) is 4.79 Å². The molecule has 2 aromatic carbocycles. The molecule has 0 bridgehead atoms. The van der Waals surface area contributed by atoms with Gasteiger partial charge in [-0.15, -0.1) is 0 Å². The van der Waals surface area contributed by atoms with E-state index in [1.54, 1.807) is 32.0 Å². The molecule has 2 unspecified atom stereocenters. The summed E-state index contributed by atoms with van der Waals surface area (Å²) in [6, 6.07) is 9.95. The smallest absolute Gasteiger partial charge is 0.308 e. The number of ether oxygens (including phenoxy) is 4. The molecule has 2 aliphatic rings. The number of esters is 1. The SMILES string of the molecule is CCOC(=O)CC1CC=C(c2cccc3c2OC(C)(c2ccc(Cl)cc2F)O3)CO1. The third kappa shape index (κ3) is 4.02. The summed E-state index contributed by atoms with van der Waals surface area (Å²) < 4.78 is 37.5. The van der Waals surface area contributed by atoms with E-state index in [0.717, 1.165) is 11.1 Å². The predicted molar refractivity (Wildman–Crippen MR) is 110 cm³/mol. The molecule has 2 aliphatic heterocycles. The number of para-hydroxylation sites is 1. The van der Waals surface area contributed by atoms with Crippen LogP contribution in [0.5, 0.6) is 11.5 Å². The Morgan fingerprint density at radius 1 is 1.30 bits per heavy atom. The Bertz CT molecular complexity index is 1010. The second kappa shape index (κ2) is 8.28. The van der Waals surface area contributed by atoms with E-state index in [1.165, 1.54) is 6.07 Å². The largest absolute Gasteiger partial charge is 0.466 e. The maximum Gasteiger partial charge on any atom is 0.308 e. The van der Waals surface area contributed by atoms with E-state index in [9.17, 15) is 9.18 Å². The van der Waals surface area contributed by atoms with Gasteiger partial charge in [0.1, 0.15) is 5.82 Å². The van der Waals surface area contributed by atoms with Crippen molar-refractivity contribution in [2.24, 2.45) is 0 Å². The van der Waals surface area contributed by atoms with E-state index < -0.39 is 11.6 Å². The van der Waals surface area contributed by atoms with E-state index in [1.807, 2.05) is 18.2 Å². The topological polar surface area (TPSA) is 54.0 Å². The van der Waals surface area contributed by atoms with Crippen molar-refractivity contribution in [3.63, 3.8) is 0 Å². The molecule has 0 aromatic heterocycles. The predicted octanol–water partition coefficient (Wildman–Crippen LogP) is 5.25. The first-order valence-corrected chi connectivity index (χ1v) is 10.2. The number of carbonyl (C=O) groups excluding carboxylic acids is 1. The van der Waals surface area contributed by atoms with E-state index >= 15 is 0 Å². The first kappa shape index (κ1) is 20.7. The van der Waals surface area contributed by atoms with Crippen molar-refractivity contribution in [2.45, 2.75) is 38.6 Å². The van der Waals surface area contributed by atoms with Gasteiger partial charge in [0.25, 0.3) is 5.79 Å². The summed E-state index contributed by atoms with van der Waals surface area (Å²) in [5.74, 6) is -1.01. The van der Waals surface area contributed by atoms with Crippen LogP contribution >= 0.6 is 11.6 Å². The molecule has 158 valence electrons. The second-order valence-corrected chi connectivity index (χ2v) is 7.75. The molecule has 0 spiro atoms. The lowest BCUT2D eigenvalue weighted by molar-refractivity contribution is -0.146. The van der Waals surface area contributed by atoms with Crippen molar-refractivity contribution in [3.8, 4) is 11.5 Å². The van der Waals surface area contributed by atoms with Gasteiger partial charge in [-0.05, 0) is 43.2 Å². The van der Waals surface area contributed by atoms with Crippen LogP contribution in [0.15, 0.2) is 42.5 Å². The van der Waals surface area contributed by atoms with Crippen molar-refractivity contribution in [2.75, 3.05) is 13.2 Å². The van der Waals surface area contributed by atoms with Crippen LogP contribution in [0.2, 0.25) is 5.02 Å². The lowest BCUT2D eigenvalue weighted by Gasteiger charge is -2.25. The van der Waals surface area contributed by atoms with Gasteiger partial charge in [-0.25, -0.2) is 4.39 Å². The number of hydrogen-bond donors (Lipinski definition) is 0. The Balaban J connectivity index is 1.55. The van der Waals surface area contributed by atoms with Gasteiger partial charge in [0.05, 0.1) is 31.3 Å². The summed E-state index contributed by atoms with van der Waals surface area (Å²) in [5.41, 5.74) is 2.01. The summed E-state index contributed by atoms with van der Waals surface area (Å²) >= 11 is 5.87. The molecule has 2 heterocycles. The van der Waals surface area contributed by atoms with Crippen molar-refractivity contribution < 1.29 is 28.1 Å². The molecule has 7 heteroatoms. The summed E-state index contributed by atoms with van der Waals surface area (Å²) in [7, 11) is 0. The molecule has 0 saturated heterocycles. The Hall–Kier alpha value is -2.57. The fourth-order valence-electron chi connectivity index (χ4n) is 3.69. The van der Waals surface area contributed by atoms with Crippen LogP contribution in [0.3, 0.4) is 0 Å². The lowest BCUT2D eigenvalue weighted by atomic mass is 9.99. The molecule has 5 nitrogen and oxygen atoms in total. The minimum absolute atomic E-state index is 0.213. The molecule has 4 rings (SSSR count). The average Bonchev–Trinajstić information content (AvgIpc) is 3.05. The van der Waals surface area contributed by atoms with Gasteiger partial charge < -0.3 is 18.9 Å². The van der Waals surface area contributed by atoms with Gasteiger partial charge in [0.15, 0.2) is 11.5 Å². The molecule has 0 fully saturated rings. The summed E-state index contributed by atoms with van der Waals surface area (Å²) in [6.07, 6.45) is 2.63. The highest BCUT2D eigenvalue weighted by Crippen LogP contribution is 2.48. The molecule has 0 N–H and O–H groups in total. The summed E-state index contributed by atoms with van der Waals surface area (Å²) in [6.45, 7) is 4.13. The van der Waals surface area contributed by atoms with Gasteiger partial charge >= 0.3 is 5.97 Å². The van der Waals surface area contributed by atoms with Crippen LogP contribution in [0, 0.1) is 5.82 Å². The zero-order valence-corrected chi connectivity index (χ0v) is 17.5. The number of fused-ring (bicyclic) bond motifs is 1. The molecule has 0 amide bonds. The highest BCUT2D eigenvalue weighted by Gasteiger charge is 2.42. The molecule has 2 aromatic rings. The van der Waals surface area contributed by atoms with E-state index in [-0.39, 0.29) is 24.1 Å². The van der Waals surface area contributed by atoms with E-state index in [2.05, 4.69) is 0 Å². The van der Waals surface area contributed by atoms with Gasteiger partial charge in [0, 0.05) is 17.5 Å². The normalized spacial score (nSPS) is 22.5. The number of carbonyl (C=O) groups is 1. The summed E-state index contributed by atoms with van der Waals surface area (Å²) in [5, 5.41) is 0.304. The summed E-state index contributed by atoms with van der Waals surface area (Å²) in [4.78, 5) is 11.7. The van der Waals surface area contributed by atoms with E-state index in [4.69, 9.17) is 30.5 Å². The van der Waals surface area contributed by atoms with Crippen molar-refractivity contribution >= 4 is 23.1 Å². The van der Waals surface area contributed by atoms with Crippen LogP contribution in [0.25, 0.3) is 5.57 Å². The van der Waals surface area contributed by atoms with Crippen LogP contribution in [-0.4, -0.2) is 25.3 Å². The Kier molecular flexibility index (Phi) is 5.71. The fourth-order valence-corrected chi connectivity index (χ4v) is 3.85. The molecular weight excluding hydrogens is 411 g/mol. The Labute approximate surface area is 179 Å². The monoisotopic (exact) mass is 432 g/mol. The van der Waals surface area contributed by atoms with Gasteiger partial charge in [-0.2, -0.15) is 0 Å². The lowest BCUT2D eigenvalue weighted by Crippen LogP contribution is -2.32. The first-order valence-electron chi connectivity index (χ1n) is 9.83. The van der Waals surface area contributed by atoms with Crippen molar-refractivity contribution in [1.82, 2.24) is 0 Å². The highest BCUT2D eigenvalue weighted by molar-refractivity contribution is 6.30. The third-order valence-corrected chi connectivity index (χ3v) is 5.38. The van der Waals surface area contributed by atoms with Crippen LogP contribution in [0.4, 0.5) is 4.39 Å². The number of halogens is 2. The van der Waals surface area contributed by atoms with E-state index in [0.29, 0.717) is 36.2 Å². The first-order chi connectivity index (χ1) is 14.4. The number of hydrogen-bond acceptors (Lipinski definition) is 5. The van der Waals surface area contributed by atoms with Crippen molar-refractivity contribution in [3.05, 3.63) is 64.4 Å². The number of benzene rings is 2. The molecule has 2 atom stereocenters. The van der Waals surface area contributed by atoms with Crippen molar-refractivity contribution in [1.29, 1.82) is 0 Å². The average molecular weight is 433 g/mol. The Morgan fingerprint density at radius 2 is 2.13 bits per heavy atom. The number of rotatable bonds is 5. The van der Waals surface area contributed by atoms with Crippen LogP contribution in [0.1, 0.15) is 37.8 Å².